The van der Waals surface area contributed by atoms with Crippen LogP contribution < -0.4 is 5.32 Å². The van der Waals surface area contributed by atoms with Crippen LogP contribution in [0.3, 0.4) is 0 Å². The summed E-state index contributed by atoms with van der Waals surface area (Å²) >= 11 is 0. The Kier molecular flexibility index (Phi) is 7.27. The Hall–Kier alpha value is -3.48. The quantitative estimate of drug-likeness (QED) is 0.564. The Labute approximate surface area is 188 Å². The number of aryl methyl sites for hydroxylation is 1. The number of hydrogen-bond donors (Lipinski definition) is 1. The molecule has 4 rings (SSSR count). The second-order valence-corrected chi connectivity index (χ2v) is 8.22. The van der Waals surface area contributed by atoms with Crippen molar-refractivity contribution in [1.29, 1.82) is 0 Å². The van der Waals surface area contributed by atoms with E-state index in [9.17, 15) is 9.59 Å². The fourth-order valence-electron chi connectivity index (χ4n) is 4.16. The summed E-state index contributed by atoms with van der Waals surface area (Å²) < 4.78 is 1.68. The molecule has 1 aliphatic heterocycles. The molecule has 1 aliphatic rings. The van der Waals surface area contributed by atoms with Crippen LogP contribution in [0.4, 0.5) is 0 Å². The van der Waals surface area contributed by atoms with Crippen molar-refractivity contribution in [2.24, 2.45) is 0 Å². The van der Waals surface area contributed by atoms with Crippen molar-refractivity contribution in [3.05, 3.63) is 83.7 Å². The van der Waals surface area contributed by atoms with E-state index >= 15 is 0 Å². The lowest BCUT2D eigenvalue weighted by Crippen LogP contribution is -2.38. The van der Waals surface area contributed by atoms with Gasteiger partial charge in [-0.1, -0.05) is 65.9 Å². The van der Waals surface area contributed by atoms with Crippen LogP contribution >= 0.6 is 0 Å². The maximum Gasteiger partial charge on any atom is 0.273 e. The second-order valence-electron chi connectivity index (χ2n) is 8.22. The Morgan fingerprint density at radius 2 is 1.72 bits per heavy atom. The summed E-state index contributed by atoms with van der Waals surface area (Å²) in [6, 6.07) is 20.1. The number of nitrogens with zero attached hydrogens (tertiary/aromatic N) is 4. The first-order valence-corrected chi connectivity index (χ1v) is 11.2. The summed E-state index contributed by atoms with van der Waals surface area (Å²) in [7, 11) is 0. The van der Waals surface area contributed by atoms with Gasteiger partial charge in [0.2, 0.25) is 5.91 Å². The monoisotopic (exact) mass is 431 g/mol. The molecule has 2 aromatic carbocycles. The third-order valence-corrected chi connectivity index (χ3v) is 5.86. The van der Waals surface area contributed by atoms with Gasteiger partial charge in [0.05, 0.1) is 18.8 Å². The van der Waals surface area contributed by atoms with Crippen molar-refractivity contribution in [3.8, 4) is 0 Å². The number of carbonyl (C=O) groups excluding carboxylic acids is 2. The molecule has 166 valence electrons. The van der Waals surface area contributed by atoms with E-state index in [0.29, 0.717) is 25.2 Å². The first kappa shape index (κ1) is 21.7. The zero-order valence-corrected chi connectivity index (χ0v) is 18.2. The molecule has 1 N–H and O–H groups in total. The largest absolute Gasteiger partial charge is 0.347 e. The smallest absolute Gasteiger partial charge is 0.273 e. The normalized spacial score (nSPS) is 15.6. The molecule has 0 radical (unpaired) electrons. The molecular weight excluding hydrogens is 402 g/mol. The van der Waals surface area contributed by atoms with Gasteiger partial charge in [-0.25, -0.2) is 4.68 Å². The molecule has 7 nitrogen and oxygen atoms in total. The number of carbonyl (C=O) groups is 2. The van der Waals surface area contributed by atoms with E-state index in [1.807, 2.05) is 53.4 Å². The molecule has 0 bridgehead atoms. The number of hydrogen-bond acceptors (Lipinski definition) is 4. The van der Waals surface area contributed by atoms with Crippen LogP contribution in [-0.4, -0.2) is 44.3 Å². The summed E-state index contributed by atoms with van der Waals surface area (Å²) in [5, 5.41) is 11.0. The van der Waals surface area contributed by atoms with E-state index in [1.165, 1.54) is 5.56 Å². The highest BCUT2D eigenvalue weighted by atomic mass is 16.2. The summed E-state index contributed by atoms with van der Waals surface area (Å²) in [4.78, 5) is 27.1. The fraction of sp³-hybridized carbons (Fsp3) is 0.360. The molecule has 0 spiro atoms. The maximum atomic E-state index is 12.8. The summed E-state index contributed by atoms with van der Waals surface area (Å²) in [6.07, 6.45) is 5.91. The van der Waals surface area contributed by atoms with E-state index < -0.39 is 0 Å². The number of benzene rings is 2. The van der Waals surface area contributed by atoms with Crippen LogP contribution in [0.5, 0.6) is 0 Å². The van der Waals surface area contributed by atoms with Gasteiger partial charge in [-0.15, -0.1) is 5.10 Å². The summed E-state index contributed by atoms with van der Waals surface area (Å²) in [5.74, 6) is -0.0512. The highest BCUT2D eigenvalue weighted by Gasteiger charge is 2.29. The minimum Gasteiger partial charge on any atom is -0.347 e. The molecule has 32 heavy (non-hydrogen) atoms. The number of amides is 2. The molecule has 1 saturated heterocycles. The zero-order valence-electron chi connectivity index (χ0n) is 18.2. The second kappa shape index (κ2) is 10.7. The van der Waals surface area contributed by atoms with Crippen molar-refractivity contribution in [3.63, 3.8) is 0 Å². The van der Waals surface area contributed by atoms with E-state index in [4.69, 9.17) is 0 Å². The fourth-order valence-corrected chi connectivity index (χ4v) is 4.16. The van der Waals surface area contributed by atoms with Gasteiger partial charge in [-0.3, -0.25) is 9.59 Å². The van der Waals surface area contributed by atoms with Gasteiger partial charge >= 0.3 is 0 Å². The lowest BCUT2D eigenvalue weighted by Gasteiger charge is -2.24. The van der Waals surface area contributed by atoms with Gasteiger partial charge in [-0.05, 0) is 36.8 Å². The Bertz CT molecular complexity index is 1020. The summed E-state index contributed by atoms with van der Waals surface area (Å²) in [5.41, 5.74) is 2.58. The standard InChI is InChI=1S/C25H29N5O2/c31-24(15-7-13-20-9-3-1-4-10-20)30-16-8-14-22(30)18-29-19-23(27-28-29)25(32)26-17-21-11-5-2-6-12-21/h1-6,9-12,19,22H,7-8,13-18H2,(H,26,32). The molecule has 1 unspecified atom stereocenters. The van der Waals surface area contributed by atoms with Crippen LogP contribution in [-0.2, 0) is 24.3 Å². The van der Waals surface area contributed by atoms with E-state index in [-0.39, 0.29) is 17.9 Å². The molecule has 1 fully saturated rings. The molecular formula is C25H29N5O2. The van der Waals surface area contributed by atoms with Crippen molar-refractivity contribution in [1.82, 2.24) is 25.2 Å². The van der Waals surface area contributed by atoms with Gasteiger partial charge in [0.25, 0.3) is 5.91 Å². The van der Waals surface area contributed by atoms with Gasteiger partial charge in [-0.2, -0.15) is 0 Å². The molecule has 0 aliphatic carbocycles. The molecule has 3 aromatic rings. The molecule has 7 heteroatoms. The first-order chi connectivity index (χ1) is 15.7. The number of likely N-dealkylation sites (tertiary alicyclic amines) is 1. The Morgan fingerprint density at radius 1 is 1.00 bits per heavy atom. The average Bonchev–Trinajstić information content (AvgIpc) is 3.49. The SMILES string of the molecule is O=C(NCc1ccccc1)c1cn(CC2CCCN2C(=O)CCCc2ccccc2)nn1. The molecule has 1 atom stereocenters. The lowest BCUT2D eigenvalue weighted by atomic mass is 10.1. The highest BCUT2D eigenvalue weighted by Crippen LogP contribution is 2.20. The minimum atomic E-state index is -0.250. The van der Waals surface area contributed by atoms with Gasteiger partial charge < -0.3 is 10.2 Å². The van der Waals surface area contributed by atoms with Crippen LogP contribution in [0.25, 0.3) is 0 Å². The number of aromatic nitrogens is 3. The van der Waals surface area contributed by atoms with Gasteiger partial charge in [0.1, 0.15) is 0 Å². The van der Waals surface area contributed by atoms with Crippen LogP contribution in [0, 0.1) is 0 Å². The molecule has 0 saturated carbocycles. The Morgan fingerprint density at radius 3 is 2.47 bits per heavy atom. The molecule has 2 heterocycles. The van der Waals surface area contributed by atoms with Crippen LogP contribution in [0.2, 0.25) is 0 Å². The summed E-state index contributed by atoms with van der Waals surface area (Å²) in [6.45, 7) is 1.79. The van der Waals surface area contributed by atoms with Crippen molar-refractivity contribution >= 4 is 11.8 Å². The molecule has 1 aromatic heterocycles. The highest BCUT2D eigenvalue weighted by molar-refractivity contribution is 5.91. The van der Waals surface area contributed by atoms with Gasteiger partial charge in [0, 0.05) is 19.5 Å². The van der Waals surface area contributed by atoms with E-state index in [2.05, 4.69) is 27.8 Å². The van der Waals surface area contributed by atoms with E-state index in [0.717, 1.165) is 37.8 Å². The molecule has 2 amide bonds. The van der Waals surface area contributed by atoms with Gasteiger partial charge in [0.15, 0.2) is 5.69 Å². The maximum absolute atomic E-state index is 12.8. The van der Waals surface area contributed by atoms with Crippen molar-refractivity contribution < 1.29 is 9.59 Å². The number of rotatable bonds is 9. The first-order valence-electron chi connectivity index (χ1n) is 11.2. The lowest BCUT2D eigenvalue weighted by molar-refractivity contribution is -0.132. The third-order valence-electron chi connectivity index (χ3n) is 5.86. The topological polar surface area (TPSA) is 80.1 Å². The minimum absolute atomic E-state index is 0.0983. The predicted molar refractivity (Wildman–Crippen MR) is 122 cm³/mol. The Balaban J connectivity index is 1.26. The van der Waals surface area contributed by atoms with Crippen LogP contribution in [0.1, 0.15) is 47.3 Å². The van der Waals surface area contributed by atoms with Crippen LogP contribution in [0.15, 0.2) is 66.9 Å². The van der Waals surface area contributed by atoms with E-state index in [1.54, 1.807) is 10.9 Å². The van der Waals surface area contributed by atoms with Crippen molar-refractivity contribution in [2.45, 2.75) is 51.2 Å². The average molecular weight is 432 g/mol. The van der Waals surface area contributed by atoms with Crippen molar-refractivity contribution in [2.75, 3.05) is 6.54 Å². The number of nitrogens with one attached hydrogen (secondary N) is 1. The predicted octanol–water partition coefficient (Wildman–Crippen LogP) is 3.22. The zero-order chi connectivity index (χ0) is 22.2. The third kappa shape index (κ3) is 5.81.